The molecule has 3 aromatic rings. The van der Waals surface area contributed by atoms with E-state index in [9.17, 15) is 9.59 Å². The molecule has 0 radical (unpaired) electrons. The molecule has 0 aliphatic heterocycles. The number of pyridine rings is 1. The van der Waals surface area contributed by atoms with E-state index in [4.69, 9.17) is 5.11 Å². The van der Waals surface area contributed by atoms with Gasteiger partial charge in [-0.2, -0.15) is 5.10 Å². The summed E-state index contributed by atoms with van der Waals surface area (Å²) in [5.41, 5.74) is 3.73. The molecule has 0 amide bonds. The largest absolute Gasteiger partial charge is 0.481 e. The van der Waals surface area contributed by atoms with Gasteiger partial charge in [0.25, 0.3) is 5.56 Å². The summed E-state index contributed by atoms with van der Waals surface area (Å²) in [4.78, 5) is 23.9. The van der Waals surface area contributed by atoms with Crippen molar-refractivity contribution in [3.63, 3.8) is 0 Å². The Kier molecular flexibility index (Phi) is 4.44. The number of carboxylic acids is 1. The third kappa shape index (κ3) is 2.84. The van der Waals surface area contributed by atoms with Gasteiger partial charge in [-0.1, -0.05) is 18.2 Å². The van der Waals surface area contributed by atoms with Gasteiger partial charge in [0.1, 0.15) is 5.65 Å². The fourth-order valence-corrected chi connectivity index (χ4v) is 3.34. The van der Waals surface area contributed by atoms with Gasteiger partial charge in [-0.3, -0.25) is 14.2 Å². The highest BCUT2D eigenvalue weighted by atomic mass is 16.4. The highest BCUT2D eigenvalue weighted by Crippen LogP contribution is 2.26. The molecule has 6 nitrogen and oxygen atoms in total. The maximum absolute atomic E-state index is 13.0. The Labute approximate surface area is 145 Å². The third-order valence-corrected chi connectivity index (χ3v) is 4.53. The van der Waals surface area contributed by atoms with Gasteiger partial charge in [0, 0.05) is 23.9 Å². The van der Waals surface area contributed by atoms with Crippen LogP contribution in [0.15, 0.2) is 35.1 Å². The maximum Gasteiger partial charge on any atom is 0.303 e. The predicted octanol–water partition coefficient (Wildman–Crippen LogP) is 2.84. The molecule has 2 heterocycles. The lowest BCUT2D eigenvalue weighted by Gasteiger charge is -2.14. The highest BCUT2D eigenvalue weighted by molar-refractivity contribution is 5.85. The van der Waals surface area contributed by atoms with Crippen molar-refractivity contribution in [1.29, 1.82) is 0 Å². The van der Waals surface area contributed by atoms with Crippen LogP contribution in [0.5, 0.6) is 0 Å². The van der Waals surface area contributed by atoms with E-state index in [-0.39, 0.29) is 18.4 Å². The number of benzene rings is 1. The van der Waals surface area contributed by atoms with Crippen molar-refractivity contribution in [2.75, 3.05) is 0 Å². The number of fused-ring (bicyclic) bond motifs is 1. The van der Waals surface area contributed by atoms with E-state index in [1.165, 1.54) is 0 Å². The van der Waals surface area contributed by atoms with Crippen LogP contribution in [0.2, 0.25) is 0 Å². The van der Waals surface area contributed by atoms with Crippen LogP contribution in [0.25, 0.3) is 16.7 Å². The first kappa shape index (κ1) is 17.0. The Bertz CT molecular complexity index is 1000. The third-order valence-electron chi connectivity index (χ3n) is 4.53. The van der Waals surface area contributed by atoms with Gasteiger partial charge in [-0.05, 0) is 44.9 Å². The second kappa shape index (κ2) is 6.55. The number of hydrogen-bond acceptors (Lipinski definition) is 3. The molecule has 0 saturated heterocycles. The molecule has 3 rings (SSSR count). The molecule has 2 aromatic heterocycles. The van der Waals surface area contributed by atoms with Crippen LogP contribution in [-0.4, -0.2) is 25.4 Å². The van der Waals surface area contributed by atoms with Crippen molar-refractivity contribution in [2.45, 2.75) is 40.2 Å². The molecule has 6 heteroatoms. The molecule has 0 bridgehead atoms. The van der Waals surface area contributed by atoms with Crippen LogP contribution >= 0.6 is 0 Å². The van der Waals surface area contributed by atoms with Crippen molar-refractivity contribution in [1.82, 2.24) is 14.3 Å². The van der Waals surface area contributed by atoms with E-state index in [1.807, 2.05) is 51.1 Å². The summed E-state index contributed by atoms with van der Waals surface area (Å²) >= 11 is 0. The number of carboxylic acid groups (broad SMARTS) is 1. The first-order valence-electron chi connectivity index (χ1n) is 8.34. The Balaban J connectivity index is 2.35. The quantitative estimate of drug-likeness (QED) is 0.775. The molecule has 1 N–H and O–H groups in total. The first-order chi connectivity index (χ1) is 12.0. The van der Waals surface area contributed by atoms with E-state index < -0.39 is 5.97 Å². The minimum atomic E-state index is -0.904. The molecule has 0 atom stereocenters. The molecule has 25 heavy (non-hydrogen) atoms. The molecular formula is C19H21N3O3. The number of aliphatic carboxylic acids is 1. The first-order valence-corrected chi connectivity index (χ1v) is 8.34. The van der Waals surface area contributed by atoms with Gasteiger partial charge >= 0.3 is 5.97 Å². The fourth-order valence-electron chi connectivity index (χ4n) is 3.34. The standard InChI is InChI=1S/C19H21N3O3/c1-4-21-18-17(12(2)15(19(21)25)10-11-16(23)24)13(3)20-22(18)14-8-6-5-7-9-14/h5-9H,4,10-11H2,1-3H3,(H,23,24). The fraction of sp³-hybridized carbons (Fsp3) is 0.316. The lowest BCUT2D eigenvalue weighted by Crippen LogP contribution is -2.26. The molecule has 0 spiro atoms. The van der Waals surface area contributed by atoms with Crippen molar-refractivity contribution < 1.29 is 9.90 Å². The van der Waals surface area contributed by atoms with Crippen LogP contribution < -0.4 is 5.56 Å². The summed E-state index contributed by atoms with van der Waals surface area (Å²) in [6.45, 7) is 6.20. The molecular weight excluding hydrogens is 318 g/mol. The zero-order valence-electron chi connectivity index (χ0n) is 14.6. The van der Waals surface area contributed by atoms with E-state index in [0.29, 0.717) is 12.1 Å². The molecule has 1 aromatic carbocycles. The number of rotatable bonds is 5. The molecule has 0 aliphatic carbocycles. The number of carbonyl (C=O) groups is 1. The number of para-hydroxylation sites is 1. The zero-order valence-corrected chi connectivity index (χ0v) is 14.6. The lowest BCUT2D eigenvalue weighted by atomic mass is 10.0. The summed E-state index contributed by atoms with van der Waals surface area (Å²) in [5, 5.41) is 14.5. The average Bonchev–Trinajstić information content (AvgIpc) is 2.93. The van der Waals surface area contributed by atoms with Crippen LogP contribution in [0, 0.1) is 13.8 Å². The van der Waals surface area contributed by atoms with Crippen molar-refractivity contribution >= 4 is 17.0 Å². The second-order valence-corrected chi connectivity index (χ2v) is 6.08. The molecule has 0 saturated carbocycles. The normalized spacial score (nSPS) is 11.2. The topological polar surface area (TPSA) is 77.1 Å². The lowest BCUT2D eigenvalue weighted by molar-refractivity contribution is -0.136. The van der Waals surface area contributed by atoms with Crippen LogP contribution in [-0.2, 0) is 17.8 Å². The minimum Gasteiger partial charge on any atom is -0.481 e. The Hall–Kier alpha value is -2.89. The number of aryl methyl sites for hydroxylation is 3. The molecule has 0 unspecified atom stereocenters. The molecule has 0 fully saturated rings. The minimum absolute atomic E-state index is 0.0584. The van der Waals surface area contributed by atoms with Gasteiger partial charge in [0.05, 0.1) is 11.4 Å². The van der Waals surface area contributed by atoms with Crippen molar-refractivity contribution in [2.24, 2.45) is 0 Å². The van der Waals surface area contributed by atoms with Crippen LogP contribution in [0.3, 0.4) is 0 Å². The Morgan fingerprint density at radius 1 is 1.20 bits per heavy atom. The summed E-state index contributed by atoms with van der Waals surface area (Å²) in [6.07, 6.45) is 0.170. The van der Waals surface area contributed by atoms with E-state index in [1.54, 1.807) is 9.25 Å². The van der Waals surface area contributed by atoms with Crippen molar-refractivity contribution in [3.8, 4) is 5.69 Å². The van der Waals surface area contributed by atoms with Gasteiger partial charge in [-0.25, -0.2) is 4.68 Å². The summed E-state index contributed by atoms with van der Waals surface area (Å²) in [6, 6.07) is 9.69. The summed E-state index contributed by atoms with van der Waals surface area (Å²) in [7, 11) is 0. The van der Waals surface area contributed by atoms with E-state index in [2.05, 4.69) is 5.10 Å². The van der Waals surface area contributed by atoms with Gasteiger partial charge in [-0.15, -0.1) is 0 Å². The maximum atomic E-state index is 13.0. The SMILES string of the molecule is CCn1c(=O)c(CCC(=O)O)c(C)c2c(C)nn(-c3ccccc3)c21. The zero-order chi connectivity index (χ0) is 18.1. The monoisotopic (exact) mass is 339 g/mol. The van der Waals surface area contributed by atoms with Gasteiger partial charge < -0.3 is 5.11 Å². The van der Waals surface area contributed by atoms with Crippen LogP contribution in [0.4, 0.5) is 0 Å². The molecule has 130 valence electrons. The smallest absolute Gasteiger partial charge is 0.303 e. The van der Waals surface area contributed by atoms with Crippen LogP contribution in [0.1, 0.15) is 30.2 Å². The number of aromatic nitrogens is 3. The summed E-state index contributed by atoms with van der Waals surface area (Å²) in [5.74, 6) is -0.904. The van der Waals surface area contributed by atoms with E-state index in [0.717, 1.165) is 28.0 Å². The Morgan fingerprint density at radius 3 is 2.48 bits per heavy atom. The van der Waals surface area contributed by atoms with E-state index >= 15 is 0 Å². The predicted molar refractivity (Wildman–Crippen MR) is 96.4 cm³/mol. The second-order valence-electron chi connectivity index (χ2n) is 6.08. The number of hydrogen-bond donors (Lipinski definition) is 1. The number of nitrogens with zero attached hydrogens (tertiary/aromatic N) is 3. The van der Waals surface area contributed by atoms with Gasteiger partial charge in [0.2, 0.25) is 0 Å². The average molecular weight is 339 g/mol. The molecule has 0 aliphatic rings. The highest BCUT2D eigenvalue weighted by Gasteiger charge is 2.20. The van der Waals surface area contributed by atoms with Gasteiger partial charge in [0.15, 0.2) is 0 Å². The Morgan fingerprint density at radius 2 is 1.88 bits per heavy atom. The summed E-state index contributed by atoms with van der Waals surface area (Å²) < 4.78 is 3.48. The van der Waals surface area contributed by atoms with Crippen molar-refractivity contribution in [3.05, 3.63) is 57.5 Å².